The van der Waals surface area contributed by atoms with Gasteiger partial charge in [-0.05, 0) is 62.1 Å². The number of allylic oxidation sites excluding steroid dienone is 2. The first-order chi connectivity index (χ1) is 20.6. The van der Waals surface area contributed by atoms with Gasteiger partial charge in [0.2, 0.25) is 0 Å². The van der Waals surface area contributed by atoms with Crippen LogP contribution < -0.4 is 16.0 Å². The number of hydrogen-bond donors (Lipinski definition) is 4. The van der Waals surface area contributed by atoms with Crippen LogP contribution in [0.2, 0.25) is 0 Å². The molecule has 0 saturated heterocycles. The smallest absolute Gasteiger partial charge is 0.254 e. The summed E-state index contributed by atoms with van der Waals surface area (Å²) >= 11 is 0. The van der Waals surface area contributed by atoms with Crippen molar-refractivity contribution in [1.82, 2.24) is 25.8 Å². The molecule has 0 radical (unpaired) electrons. The van der Waals surface area contributed by atoms with E-state index in [4.69, 9.17) is 4.99 Å². The van der Waals surface area contributed by atoms with Crippen LogP contribution in [0.5, 0.6) is 0 Å². The van der Waals surface area contributed by atoms with E-state index in [1.54, 1.807) is 6.92 Å². The van der Waals surface area contributed by atoms with Gasteiger partial charge in [-0.1, -0.05) is 56.9 Å². The van der Waals surface area contributed by atoms with Crippen molar-refractivity contribution < 1.29 is 13.6 Å². The summed E-state index contributed by atoms with van der Waals surface area (Å²) in [6.07, 6.45) is 8.92. The summed E-state index contributed by atoms with van der Waals surface area (Å²) in [5.41, 5.74) is 4.25. The summed E-state index contributed by atoms with van der Waals surface area (Å²) in [7, 11) is 1.82. The molecule has 43 heavy (non-hydrogen) atoms. The number of anilines is 1. The molecular weight excluding hydrogens is 548 g/mol. The van der Waals surface area contributed by atoms with Crippen LogP contribution in [0.3, 0.4) is 0 Å². The van der Waals surface area contributed by atoms with E-state index in [1.807, 2.05) is 47.0 Å². The number of carbonyl (C=O) groups is 1. The molecule has 1 aliphatic carbocycles. The highest BCUT2D eigenvalue weighted by Gasteiger charge is 2.20. The number of pyridine rings is 1. The van der Waals surface area contributed by atoms with E-state index in [2.05, 4.69) is 62.5 Å². The number of amidine groups is 1. The summed E-state index contributed by atoms with van der Waals surface area (Å²) < 4.78 is 27.0. The molecule has 1 aliphatic rings. The highest BCUT2D eigenvalue weighted by molar-refractivity contribution is 6.20. The maximum atomic E-state index is 13.7. The van der Waals surface area contributed by atoms with E-state index in [0.717, 1.165) is 52.1 Å². The number of amides is 1. The third-order valence-electron chi connectivity index (χ3n) is 7.14. The van der Waals surface area contributed by atoms with Crippen LogP contribution in [0.1, 0.15) is 64.1 Å². The number of aromatic amines is 1. The molecule has 0 saturated carbocycles. The van der Waals surface area contributed by atoms with Crippen molar-refractivity contribution in [2.24, 2.45) is 4.99 Å². The topological polar surface area (TPSA) is 107 Å². The molecule has 3 unspecified atom stereocenters. The molecule has 2 aromatic heterocycles. The van der Waals surface area contributed by atoms with E-state index < -0.39 is 23.6 Å². The van der Waals surface area contributed by atoms with Gasteiger partial charge in [0.25, 0.3) is 5.91 Å². The van der Waals surface area contributed by atoms with Crippen molar-refractivity contribution in [3.63, 3.8) is 0 Å². The Morgan fingerprint density at radius 2 is 1.91 bits per heavy atom. The Balaban J connectivity index is 0.00000248. The van der Waals surface area contributed by atoms with Gasteiger partial charge in [0.05, 0.1) is 23.5 Å². The van der Waals surface area contributed by atoms with Gasteiger partial charge in [0, 0.05) is 25.2 Å². The highest BCUT2D eigenvalue weighted by atomic mass is 19.2. The lowest BCUT2D eigenvalue weighted by atomic mass is 9.91. The summed E-state index contributed by atoms with van der Waals surface area (Å²) in [4.78, 5) is 22.3. The molecule has 4 N–H and O–H groups in total. The molecule has 0 fully saturated rings. The summed E-state index contributed by atoms with van der Waals surface area (Å²) in [5, 5.41) is 17.2. The van der Waals surface area contributed by atoms with Crippen molar-refractivity contribution in [3.05, 3.63) is 101 Å². The van der Waals surface area contributed by atoms with Gasteiger partial charge in [-0.25, -0.2) is 13.8 Å². The second kappa shape index (κ2) is 15.0. The van der Waals surface area contributed by atoms with E-state index in [9.17, 15) is 13.6 Å². The second-order valence-corrected chi connectivity index (χ2v) is 10.2. The quantitative estimate of drug-likeness (QED) is 0.0916. The monoisotopic (exact) mass is 589 g/mol. The van der Waals surface area contributed by atoms with Crippen LogP contribution in [0.25, 0.3) is 11.0 Å². The van der Waals surface area contributed by atoms with Crippen LogP contribution in [-0.2, 0) is 4.79 Å². The fourth-order valence-electron chi connectivity index (χ4n) is 4.33. The Hall–Kier alpha value is -4.60. The molecule has 228 valence electrons. The molecule has 10 heteroatoms. The molecule has 0 spiro atoms. The molecule has 1 amide bonds. The van der Waals surface area contributed by atoms with Gasteiger partial charge in [-0.2, -0.15) is 5.10 Å². The lowest BCUT2D eigenvalue weighted by molar-refractivity contribution is -0.117. The predicted octanol–water partition coefficient (Wildman–Crippen LogP) is 6.66. The van der Waals surface area contributed by atoms with Crippen molar-refractivity contribution in [1.29, 1.82) is 0 Å². The Kier molecular flexibility index (Phi) is 11.5. The molecule has 0 bridgehead atoms. The maximum absolute atomic E-state index is 13.7. The third kappa shape index (κ3) is 8.24. The van der Waals surface area contributed by atoms with Crippen molar-refractivity contribution >= 4 is 28.6 Å². The first kappa shape index (κ1) is 32.9. The van der Waals surface area contributed by atoms with Crippen LogP contribution in [-0.4, -0.2) is 46.6 Å². The van der Waals surface area contributed by atoms with Gasteiger partial charge >= 0.3 is 0 Å². The molecule has 1 aromatic carbocycles. The SMILES string of the molecule is C=C(C(=O)NC(C)c1ccc(F)c(F)c1)C(=NCC1=CCC(c2cnc3[nH]nc(NC)c3c2)C=C1)NC(C)C(=C)C.CC. The fourth-order valence-corrected chi connectivity index (χ4v) is 4.33. The van der Waals surface area contributed by atoms with Gasteiger partial charge in [0.1, 0.15) is 5.84 Å². The zero-order chi connectivity index (χ0) is 31.7. The van der Waals surface area contributed by atoms with Crippen LogP contribution in [0.15, 0.2) is 83.6 Å². The van der Waals surface area contributed by atoms with Gasteiger partial charge in [-0.15, -0.1) is 0 Å². The average Bonchev–Trinajstić information content (AvgIpc) is 3.43. The number of nitrogens with zero attached hydrogens (tertiary/aromatic N) is 3. The minimum atomic E-state index is -0.973. The largest absolute Gasteiger partial charge is 0.371 e. The van der Waals surface area contributed by atoms with E-state index in [1.165, 1.54) is 6.07 Å². The first-order valence-electron chi connectivity index (χ1n) is 14.4. The number of benzene rings is 1. The average molecular weight is 590 g/mol. The summed E-state index contributed by atoms with van der Waals surface area (Å²) in [6.45, 7) is 17.8. The Bertz CT molecular complexity index is 1570. The Morgan fingerprint density at radius 3 is 2.53 bits per heavy atom. The third-order valence-corrected chi connectivity index (χ3v) is 7.14. The maximum Gasteiger partial charge on any atom is 0.254 e. The predicted molar refractivity (Wildman–Crippen MR) is 171 cm³/mol. The molecule has 4 rings (SSSR count). The number of aliphatic imine (C=N–C) groups is 1. The molecule has 3 atom stereocenters. The minimum absolute atomic E-state index is 0.130. The second-order valence-electron chi connectivity index (χ2n) is 10.2. The van der Waals surface area contributed by atoms with Crippen LogP contribution in [0, 0.1) is 11.6 Å². The number of aromatic nitrogens is 3. The summed E-state index contributed by atoms with van der Waals surface area (Å²) in [5.74, 6) is -1.13. The lowest BCUT2D eigenvalue weighted by Crippen LogP contribution is -2.40. The number of fused-ring (bicyclic) bond motifs is 1. The van der Waals surface area contributed by atoms with E-state index in [0.29, 0.717) is 17.9 Å². The minimum Gasteiger partial charge on any atom is -0.371 e. The number of H-pyrrole nitrogens is 1. The summed E-state index contributed by atoms with van der Waals surface area (Å²) in [6, 6.07) is 4.89. The van der Waals surface area contributed by atoms with Gasteiger partial charge < -0.3 is 16.0 Å². The van der Waals surface area contributed by atoms with Crippen molar-refractivity contribution in [2.75, 3.05) is 18.9 Å². The van der Waals surface area contributed by atoms with Gasteiger partial charge in [-0.3, -0.25) is 14.9 Å². The molecule has 8 nitrogen and oxygen atoms in total. The van der Waals surface area contributed by atoms with Crippen molar-refractivity contribution in [3.8, 4) is 0 Å². The zero-order valence-electron chi connectivity index (χ0n) is 25.7. The van der Waals surface area contributed by atoms with Crippen molar-refractivity contribution in [2.45, 2.75) is 59.0 Å². The lowest BCUT2D eigenvalue weighted by Gasteiger charge is -2.21. The zero-order valence-corrected chi connectivity index (χ0v) is 25.7. The Labute approximate surface area is 252 Å². The number of nitrogens with one attached hydrogen (secondary N) is 4. The molecule has 3 aromatic rings. The standard InChI is InChI=1S/C31H35F2N7O.C2H6/c1-17(2)19(4)37-28(18(3)31(41)38-20(5)23-11-12-26(32)27(33)14-23)35-15-21-7-9-22(10-8-21)24-13-25-29(34-6)39-40-30(25)36-16-24;1-2/h7-9,11-14,16,19-20,22H,1,3,10,15H2,2,4-6H3,(H,35,37)(H,38,41)(H2,34,36,39,40);1-2H3. The van der Waals surface area contributed by atoms with Crippen LogP contribution in [0.4, 0.5) is 14.6 Å². The Morgan fingerprint density at radius 1 is 1.16 bits per heavy atom. The number of carbonyl (C=O) groups excluding carboxylic acids is 1. The number of rotatable bonds is 10. The molecule has 0 aliphatic heterocycles. The van der Waals surface area contributed by atoms with Crippen LogP contribution >= 0.6 is 0 Å². The molecular formula is C33H41F2N7O. The fraction of sp³-hybridized carbons (Fsp3) is 0.333. The first-order valence-corrected chi connectivity index (χ1v) is 14.4. The number of halogens is 2. The number of hydrogen-bond acceptors (Lipinski definition) is 5. The van der Waals surface area contributed by atoms with E-state index >= 15 is 0 Å². The van der Waals surface area contributed by atoms with Gasteiger partial charge in [0.15, 0.2) is 23.1 Å². The van der Waals surface area contributed by atoms with E-state index in [-0.39, 0.29) is 17.5 Å². The normalized spacial score (nSPS) is 16.0. The molecule has 2 heterocycles. The highest BCUT2D eigenvalue weighted by Crippen LogP contribution is 2.30.